The van der Waals surface area contributed by atoms with E-state index in [4.69, 9.17) is 14.9 Å². The second-order valence-corrected chi connectivity index (χ2v) is 4.07. The summed E-state index contributed by atoms with van der Waals surface area (Å²) < 4.78 is 32.8. The lowest BCUT2D eigenvalue weighted by Crippen LogP contribution is -2.32. The largest absolute Gasteiger partial charge is 0.480 e. The van der Waals surface area contributed by atoms with Gasteiger partial charge >= 0.3 is 5.97 Å². The molecule has 3 N–H and O–H groups in total. The minimum atomic E-state index is -4.68. The van der Waals surface area contributed by atoms with Crippen molar-refractivity contribution in [1.29, 1.82) is 0 Å². The second kappa shape index (κ2) is 5.36. The van der Waals surface area contributed by atoms with Gasteiger partial charge in [0, 0.05) is 12.0 Å². The first-order valence-corrected chi connectivity index (χ1v) is 5.09. The maximum Gasteiger partial charge on any atom is 0.325 e. The van der Waals surface area contributed by atoms with Crippen molar-refractivity contribution in [2.45, 2.75) is 5.25 Å². The van der Waals surface area contributed by atoms with Gasteiger partial charge in [0.2, 0.25) is 0 Å². The van der Waals surface area contributed by atoms with Crippen molar-refractivity contribution in [1.82, 2.24) is 0 Å². The molecule has 0 bridgehead atoms. The Hall–Kier alpha value is -0.390. The van der Waals surface area contributed by atoms with E-state index in [1.165, 1.54) is 0 Å². The van der Waals surface area contributed by atoms with Crippen LogP contribution in [0, 0.1) is 0 Å². The number of carbonyl (C=O) groups is 1. The van der Waals surface area contributed by atoms with E-state index in [1.54, 1.807) is 0 Å². The van der Waals surface area contributed by atoms with Gasteiger partial charge in [-0.25, -0.2) is 5.26 Å². The van der Waals surface area contributed by atoms with Crippen molar-refractivity contribution in [2.75, 3.05) is 5.75 Å². The molecule has 8 nitrogen and oxygen atoms in total. The smallest absolute Gasteiger partial charge is 0.325 e. The molecule has 78 valence electrons. The fourth-order valence-corrected chi connectivity index (χ4v) is 1.87. The molecule has 1 atom stereocenters. The molecule has 0 amide bonds. The molecule has 10 heteroatoms. The highest BCUT2D eigenvalue weighted by Gasteiger charge is 2.31. The highest BCUT2D eigenvalue weighted by Crippen LogP contribution is 2.10. The zero-order chi connectivity index (χ0) is 10.5. The van der Waals surface area contributed by atoms with Gasteiger partial charge in [-0.05, 0) is 0 Å². The summed E-state index contributed by atoms with van der Waals surface area (Å²) in [6.45, 7) is 0. The molecular weight excluding hydrogens is 228 g/mol. The van der Waals surface area contributed by atoms with Crippen molar-refractivity contribution in [3.63, 3.8) is 0 Å². The molecule has 0 spiro atoms. The quantitative estimate of drug-likeness (QED) is 0.181. The Morgan fingerprint density at radius 3 is 2.38 bits per heavy atom. The summed E-state index contributed by atoms with van der Waals surface area (Å²) in [7, 11) is -4.68. The molecule has 0 fully saturated rings. The van der Waals surface area contributed by atoms with E-state index < -0.39 is 27.1 Å². The Labute approximate surface area is 77.3 Å². The summed E-state index contributed by atoms with van der Waals surface area (Å²) in [6.07, 6.45) is 0. The lowest BCUT2D eigenvalue weighted by atomic mass is 10.5. The average Bonchev–Trinajstić information content (AvgIpc) is 1.94. The van der Waals surface area contributed by atoms with Crippen LogP contribution in [0.15, 0.2) is 0 Å². The number of hydrogen-bond acceptors (Lipinski definition) is 7. The standard InChI is InChI=1S/C3H6O8S2/c4-3(5)2(13(7,8)9)1-12-11-10-6/h2,6H,1H2,(H,4,5)(H,7,8,9). The summed E-state index contributed by atoms with van der Waals surface area (Å²) in [4.78, 5) is 10.2. The number of carboxylic acid groups (broad SMARTS) is 1. The Balaban J connectivity index is 4.22. The summed E-state index contributed by atoms with van der Waals surface area (Å²) in [5.41, 5.74) is 0. The maximum atomic E-state index is 10.4. The topological polar surface area (TPSA) is 130 Å². The van der Waals surface area contributed by atoms with Crippen LogP contribution in [0.3, 0.4) is 0 Å². The fourth-order valence-electron chi connectivity index (χ4n) is 0.396. The van der Waals surface area contributed by atoms with Crippen molar-refractivity contribution >= 4 is 28.1 Å². The Morgan fingerprint density at radius 2 is 2.08 bits per heavy atom. The Morgan fingerprint density at radius 1 is 1.54 bits per heavy atom. The first kappa shape index (κ1) is 12.6. The van der Waals surface area contributed by atoms with Gasteiger partial charge in [-0.2, -0.15) is 8.42 Å². The van der Waals surface area contributed by atoms with Crippen LogP contribution in [-0.4, -0.2) is 40.3 Å². The van der Waals surface area contributed by atoms with Crippen molar-refractivity contribution in [2.24, 2.45) is 0 Å². The summed E-state index contributed by atoms with van der Waals surface area (Å²) in [6, 6.07) is 0. The van der Waals surface area contributed by atoms with E-state index in [2.05, 4.69) is 9.37 Å². The number of carboxylic acids is 1. The molecule has 0 saturated carbocycles. The first-order chi connectivity index (χ1) is 5.89. The van der Waals surface area contributed by atoms with Gasteiger partial charge in [0.05, 0.1) is 5.75 Å². The summed E-state index contributed by atoms with van der Waals surface area (Å²) in [5, 5.41) is 17.0. The summed E-state index contributed by atoms with van der Waals surface area (Å²) in [5.74, 6) is -2.34. The zero-order valence-corrected chi connectivity index (χ0v) is 7.62. The fraction of sp³-hybridized carbons (Fsp3) is 0.667. The summed E-state index contributed by atoms with van der Waals surface area (Å²) >= 11 is 0.224. The highest BCUT2D eigenvalue weighted by molar-refractivity contribution is 7.96. The molecular formula is C3H6O8S2. The Bertz CT molecular complexity index is 257. The molecule has 1 unspecified atom stereocenters. The molecule has 0 aromatic carbocycles. The van der Waals surface area contributed by atoms with E-state index in [9.17, 15) is 13.2 Å². The molecule has 0 aliphatic rings. The van der Waals surface area contributed by atoms with E-state index in [1.807, 2.05) is 0 Å². The number of hydrogen-bond donors (Lipinski definition) is 3. The van der Waals surface area contributed by atoms with Crippen molar-refractivity contribution in [3.05, 3.63) is 0 Å². The van der Waals surface area contributed by atoms with Crippen LogP contribution < -0.4 is 0 Å². The van der Waals surface area contributed by atoms with Gasteiger partial charge in [0.25, 0.3) is 10.1 Å². The van der Waals surface area contributed by atoms with Crippen LogP contribution in [-0.2, 0) is 24.3 Å². The van der Waals surface area contributed by atoms with Gasteiger partial charge in [0.1, 0.15) is 0 Å². The van der Waals surface area contributed by atoms with Crippen LogP contribution in [0.4, 0.5) is 0 Å². The van der Waals surface area contributed by atoms with Crippen LogP contribution in [0.5, 0.6) is 0 Å². The maximum absolute atomic E-state index is 10.4. The first-order valence-electron chi connectivity index (χ1n) is 2.68. The minimum Gasteiger partial charge on any atom is -0.480 e. The van der Waals surface area contributed by atoms with Crippen LogP contribution in [0.2, 0.25) is 0 Å². The monoisotopic (exact) mass is 234 g/mol. The predicted molar refractivity (Wildman–Crippen MR) is 40.2 cm³/mol. The predicted octanol–water partition coefficient (Wildman–Crippen LogP) is -0.603. The zero-order valence-electron chi connectivity index (χ0n) is 5.98. The highest BCUT2D eigenvalue weighted by atomic mass is 32.2. The van der Waals surface area contributed by atoms with E-state index in [0.29, 0.717) is 0 Å². The van der Waals surface area contributed by atoms with Gasteiger partial charge in [-0.15, -0.1) is 4.33 Å². The lowest BCUT2D eigenvalue weighted by Gasteiger charge is -2.05. The lowest BCUT2D eigenvalue weighted by molar-refractivity contribution is -0.432. The molecule has 13 heavy (non-hydrogen) atoms. The van der Waals surface area contributed by atoms with Crippen LogP contribution in [0.1, 0.15) is 0 Å². The van der Waals surface area contributed by atoms with Gasteiger partial charge in [-0.3, -0.25) is 9.35 Å². The van der Waals surface area contributed by atoms with E-state index in [-0.39, 0.29) is 12.0 Å². The molecule has 0 rings (SSSR count). The molecule has 0 radical (unpaired) electrons. The second-order valence-electron chi connectivity index (χ2n) is 1.77. The van der Waals surface area contributed by atoms with Gasteiger partial charge < -0.3 is 5.11 Å². The third-order valence-corrected chi connectivity index (χ3v) is 2.86. The van der Waals surface area contributed by atoms with Gasteiger partial charge in [-0.1, -0.05) is 5.04 Å². The van der Waals surface area contributed by atoms with Crippen molar-refractivity contribution < 1.29 is 37.5 Å². The average molecular weight is 234 g/mol. The number of aliphatic carboxylic acids is 1. The normalized spacial score (nSPS) is 14.0. The minimum absolute atomic E-state index is 0.224. The van der Waals surface area contributed by atoms with Gasteiger partial charge in [0.15, 0.2) is 5.25 Å². The molecule has 0 aliphatic carbocycles. The van der Waals surface area contributed by atoms with E-state index in [0.717, 1.165) is 0 Å². The molecule has 0 aromatic rings. The molecule has 0 aliphatic heterocycles. The molecule has 0 heterocycles. The number of rotatable bonds is 6. The van der Waals surface area contributed by atoms with E-state index >= 15 is 0 Å². The molecule has 0 aromatic heterocycles. The SMILES string of the molecule is O=C(O)C(CSOOO)S(=O)(=O)O. The third kappa shape index (κ3) is 5.02. The Kier molecular flexibility index (Phi) is 5.20. The third-order valence-electron chi connectivity index (χ3n) is 0.933. The van der Waals surface area contributed by atoms with Crippen molar-refractivity contribution in [3.8, 4) is 0 Å². The van der Waals surface area contributed by atoms with Crippen LogP contribution >= 0.6 is 12.0 Å². The van der Waals surface area contributed by atoms with Crippen LogP contribution in [0.25, 0.3) is 0 Å². The molecule has 0 saturated heterocycles.